The van der Waals surface area contributed by atoms with Gasteiger partial charge in [-0.15, -0.1) is 0 Å². The number of hydrogen-bond donors (Lipinski definition) is 0. The Balaban J connectivity index is 1.65. The number of fused-ring (bicyclic) bond motifs is 3. The minimum absolute atomic E-state index is 0.524. The topological polar surface area (TPSA) is 0 Å². The second-order valence-corrected chi connectivity index (χ2v) is 11.7. The average Bonchev–Trinajstić information content (AvgIpc) is 3.03. The molecule has 2 spiro atoms. The molecule has 0 N–H and O–H groups in total. The van der Waals surface area contributed by atoms with Crippen molar-refractivity contribution in [3.05, 3.63) is 11.6 Å². The van der Waals surface area contributed by atoms with Crippen LogP contribution in [0.25, 0.3) is 0 Å². The van der Waals surface area contributed by atoms with Crippen LogP contribution in [0.2, 0.25) is 0 Å². The summed E-state index contributed by atoms with van der Waals surface area (Å²) in [5.74, 6) is 6.63. The van der Waals surface area contributed by atoms with E-state index in [1.165, 1.54) is 38.5 Å². The Bertz CT molecular complexity index is 614. The number of allylic oxidation sites excluding steroid dienone is 2. The standard InChI is InChI=1S/C25H40/c1-15(2)20-10-8-19-13-25-17(4)7-9-21-16(3)11-12-24(21,18(25)5)22(25)14-23(19,20)6/h13,15-18,20-22H,7-12,14H2,1-6H3/t16-,17-,18?,20+,21-,22-,23-,24?,25?/m0/s1. The van der Waals surface area contributed by atoms with Gasteiger partial charge in [0.15, 0.2) is 0 Å². The third-order valence-electron chi connectivity index (χ3n) is 11.1. The van der Waals surface area contributed by atoms with E-state index in [4.69, 9.17) is 0 Å². The second-order valence-electron chi connectivity index (χ2n) is 11.7. The molecule has 5 fully saturated rings. The molecule has 0 aromatic rings. The maximum atomic E-state index is 2.94. The fourth-order valence-electron chi connectivity index (χ4n) is 10.0. The van der Waals surface area contributed by atoms with Crippen molar-refractivity contribution in [2.45, 2.75) is 86.5 Å². The van der Waals surface area contributed by atoms with Gasteiger partial charge in [-0.2, -0.15) is 0 Å². The van der Waals surface area contributed by atoms with E-state index >= 15 is 0 Å². The third kappa shape index (κ3) is 1.68. The molecule has 6 aliphatic carbocycles. The van der Waals surface area contributed by atoms with E-state index < -0.39 is 0 Å². The van der Waals surface area contributed by atoms with Gasteiger partial charge in [0.2, 0.25) is 0 Å². The lowest BCUT2D eigenvalue weighted by atomic mass is 9.31. The van der Waals surface area contributed by atoms with E-state index in [1.54, 1.807) is 6.42 Å². The van der Waals surface area contributed by atoms with Gasteiger partial charge in [0.25, 0.3) is 0 Å². The van der Waals surface area contributed by atoms with Gasteiger partial charge in [0.05, 0.1) is 0 Å². The van der Waals surface area contributed by atoms with Gasteiger partial charge in [-0.05, 0) is 103 Å². The molecule has 0 nitrogen and oxygen atoms in total. The van der Waals surface area contributed by atoms with E-state index in [2.05, 4.69) is 47.6 Å². The van der Waals surface area contributed by atoms with Crippen LogP contribution in [-0.2, 0) is 0 Å². The predicted octanol–water partition coefficient (Wildman–Crippen LogP) is 7.10. The first-order valence-corrected chi connectivity index (χ1v) is 11.5. The van der Waals surface area contributed by atoms with E-state index in [9.17, 15) is 0 Å². The SMILES string of the molecule is CC(C)[C@H]1CCC2=CC34C(C)C5(CC[C@H](C)[C@@H]5CC[C@@H]3C)[C@@H]4C[C@@]21C. The molecule has 0 amide bonds. The first-order chi connectivity index (χ1) is 11.8. The second kappa shape index (κ2) is 4.96. The van der Waals surface area contributed by atoms with Gasteiger partial charge >= 0.3 is 0 Å². The highest BCUT2D eigenvalue weighted by Crippen LogP contribution is 2.82. The van der Waals surface area contributed by atoms with E-state index in [1.807, 2.05) is 5.57 Å². The van der Waals surface area contributed by atoms with Gasteiger partial charge in [0, 0.05) is 0 Å². The predicted molar refractivity (Wildman–Crippen MR) is 106 cm³/mol. The maximum absolute atomic E-state index is 2.94. The summed E-state index contributed by atoms with van der Waals surface area (Å²) in [4.78, 5) is 0. The molecule has 0 aliphatic heterocycles. The Labute approximate surface area is 156 Å². The molecule has 3 unspecified atom stereocenters. The van der Waals surface area contributed by atoms with Crippen molar-refractivity contribution in [3.63, 3.8) is 0 Å². The maximum Gasteiger partial charge on any atom is -0.00246 e. The molecule has 0 radical (unpaired) electrons. The van der Waals surface area contributed by atoms with Crippen LogP contribution >= 0.6 is 0 Å². The lowest BCUT2D eigenvalue weighted by Gasteiger charge is -2.73. The van der Waals surface area contributed by atoms with Crippen LogP contribution in [0, 0.1) is 57.7 Å². The minimum Gasteiger partial charge on any atom is -0.0777 e. The van der Waals surface area contributed by atoms with Gasteiger partial charge in [-0.3, -0.25) is 0 Å². The number of hydrogen-bond acceptors (Lipinski definition) is 0. The molecule has 6 aliphatic rings. The zero-order chi connectivity index (χ0) is 17.8. The quantitative estimate of drug-likeness (QED) is 0.446. The van der Waals surface area contributed by atoms with Gasteiger partial charge in [0.1, 0.15) is 0 Å². The highest BCUT2D eigenvalue weighted by atomic mass is 14.8. The lowest BCUT2D eigenvalue weighted by Crippen LogP contribution is -2.67. The van der Waals surface area contributed by atoms with Gasteiger partial charge < -0.3 is 0 Å². The molecule has 0 heteroatoms. The van der Waals surface area contributed by atoms with Crippen LogP contribution in [0.3, 0.4) is 0 Å². The van der Waals surface area contributed by atoms with E-state index in [0.717, 1.165) is 41.4 Å². The van der Waals surface area contributed by atoms with E-state index in [0.29, 0.717) is 16.2 Å². The molecule has 2 bridgehead atoms. The third-order valence-corrected chi connectivity index (χ3v) is 11.1. The highest BCUT2D eigenvalue weighted by molar-refractivity contribution is 5.37. The molecule has 25 heavy (non-hydrogen) atoms. The first-order valence-electron chi connectivity index (χ1n) is 11.5. The van der Waals surface area contributed by atoms with Crippen LogP contribution in [0.15, 0.2) is 11.6 Å². The molecule has 5 saturated carbocycles. The fourth-order valence-corrected chi connectivity index (χ4v) is 10.0. The normalized spacial score (nSPS) is 59.6. The summed E-state index contributed by atoms with van der Waals surface area (Å²) in [6.45, 7) is 15.5. The molecule has 140 valence electrons. The van der Waals surface area contributed by atoms with Crippen molar-refractivity contribution in [2.24, 2.45) is 57.7 Å². The van der Waals surface area contributed by atoms with Crippen LogP contribution in [0.4, 0.5) is 0 Å². The van der Waals surface area contributed by atoms with Crippen LogP contribution in [0.1, 0.15) is 86.5 Å². The zero-order valence-corrected chi connectivity index (χ0v) is 17.6. The summed E-state index contributed by atoms with van der Waals surface area (Å²) in [5.41, 5.74) is 3.69. The Hall–Kier alpha value is -0.260. The van der Waals surface area contributed by atoms with Crippen LogP contribution in [-0.4, -0.2) is 0 Å². The summed E-state index contributed by atoms with van der Waals surface area (Å²) in [6.07, 6.45) is 13.4. The van der Waals surface area contributed by atoms with Crippen molar-refractivity contribution >= 4 is 0 Å². The molecule has 0 aromatic carbocycles. The molecular weight excluding hydrogens is 300 g/mol. The monoisotopic (exact) mass is 340 g/mol. The molecule has 0 saturated heterocycles. The molecule has 0 aromatic heterocycles. The minimum atomic E-state index is 0.524. The van der Waals surface area contributed by atoms with Gasteiger partial charge in [-0.25, -0.2) is 0 Å². The molecule has 0 heterocycles. The van der Waals surface area contributed by atoms with E-state index in [-0.39, 0.29) is 0 Å². The van der Waals surface area contributed by atoms with Crippen LogP contribution in [0.5, 0.6) is 0 Å². The fraction of sp³-hybridized carbons (Fsp3) is 0.920. The summed E-state index contributed by atoms with van der Waals surface area (Å²) in [5, 5.41) is 0. The molecular formula is C25H40. The Morgan fingerprint density at radius 3 is 2.52 bits per heavy atom. The average molecular weight is 341 g/mol. The molecule has 6 rings (SSSR count). The van der Waals surface area contributed by atoms with Crippen molar-refractivity contribution in [1.82, 2.24) is 0 Å². The van der Waals surface area contributed by atoms with Crippen molar-refractivity contribution in [2.75, 3.05) is 0 Å². The first kappa shape index (κ1) is 16.9. The smallest absolute Gasteiger partial charge is 0.00246 e. The summed E-state index contributed by atoms with van der Waals surface area (Å²) >= 11 is 0. The van der Waals surface area contributed by atoms with Crippen molar-refractivity contribution in [3.8, 4) is 0 Å². The van der Waals surface area contributed by atoms with Crippen molar-refractivity contribution in [1.29, 1.82) is 0 Å². The van der Waals surface area contributed by atoms with Gasteiger partial charge in [-0.1, -0.05) is 53.2 Å². The zero-order valence-electron chi connectivity index (χ0n) is 17.6. The summed E-state index contributed by atoms with van der Waals surface area (Å²) < 4.78 is 0. The Morgan fingerprint density at radius 2 is 1.80 bits per heavy atom. The number of rotatable bonds is 1. The van der Waals surface area contributed by atoms with Crippen LogP contribution < -0.4 is 0 Å². The Morgan fingerprint density at radius 1 is 1.04 bits per heavy atom. The highest BCUT2D eigenvalue weighted by Gasteiger charge is 2.76. The summed E-state index contributed by atoms with van der Waals surface area (Å²) in [6, 6.07) is 0. The summed E-state index contributed by atoms with van der Waals surface area (Å²) in [7, 11) is 0. The largest absolute Gasteiger partial charge is 0.0777 e. The Kier molecular flexibility index (Phi) is 3.35. The molecule has 9 atom stereocenters. The lowest BCUT2D eigenvalue weighted by molar-refractivity contribution is -0.219. The van der Waals surface area contributed by atoms with Crippen molar-refractivity contribution < 1.29 is 0 Å².